The molecule has 0 spiro atoms. The number of aromatic nitrogens is 1. The highest BCUT2D eigenvalue weighted by atomic mass is 16.5. The second kappa shape index (κ2) is 6.64. The number of hydrogen-bond acceptors (Lipinski definition) is 4. The summed E-state index contributed by atoms with van der Waals surface area (Å²) in [6.07, 6.45) is 0. The zero-order chi connectivity index (χ0) is 13.5. The minimum Gasteiger partial charge on any atom is -0.497 e. The number of rotatable bonds is 6. The topological polar surface area (TPSA) is 46.2 Å². The lowest BCUT2D eigenvalue weighted by molar-refractivity contribution is 0.414. The lowest BCUT2D eigenvalue weighted by Gasteiger charge is -2.08. The molecule has 100 valence electrons. The van der Waals surface area contributed by atoms with Crippen LogP contribution in [-0.2, 0) is 6.54 Å². The van der Waals surface area contributed by atoms with Gasteiger partial charge in [0, 0.05) is 13.1 Å². The number of hydrogen-bond donors (Lipinski definition) is 2. The van der Waals surface area contributed by atoms with E-state index in [0.717, 1.165) is 30.5 Å². The van der Waals surface area contributed by atoms with Crippen LogP contribution in [0.25, 0.3) is 0 Å². The lowest BCUT2D eigenvalue weighted by Crippen LogP contribution is -2.04. The standard InChI is InChI=1S/C15H19N3O/c1-3-16-14-5-4-6-15(18-14)17-11-12-7-9-13(19-2)10-8-12/h4-10H,3,11H2,1-2H3,(H2,16,17,18). The van der Waals surface area contributed by atoms with Crippen LogP contribution in [-0.4, -0.2) is 18.6 Å². The molecule has 0 unspecified atom stereocenters. The summed E-state index contributed by atoms with van der Waals surface area (Å²) < 4.78 is 5.13. The van der Waals surface area contributed by atoms with Gasteiger partial charge in [0.15, 0.2) is 0 Å². The number of benzene rings is 1. The minimum atomic E-state index is 0.743. The Morgan fingerprint density at radius 3 is 2.32 bits per heavy atom. The van der Waals surface area contributed by atoms with Crippen molar-refractivity contribution < 1.29 is 4.74 Å². The summed E-state index contributed by atoms with van der Waals surface area (Å²) in [7, 11) is 1.67. The van der Waals surface area contributed by atoms with E-state index < -0.39 is 0 Å². The molecule has 2 aromatic rings. The van der Waals surface area contributed by atoms with Gasteiger partial charge in [-0.05, 0) is 36.8 Å². The average Bonchev–Trinajstić information content (AvgIpc) is 2.46. The van der Waals surface area contributed by atoms with E-state index in [2.05, 4.69) is 22.5 Å². The zero-order valence-corrected chi connectivity index (χ0v) is 11.3. The Morgan fingerprint density at radius 2 is 1.68 bits per heavy atom. The molecule has 0 atom stereocenters. The molecule has 1 heterocycles. The summed E-state index contributed by atoms with van der Waals surface area (Å²) in [5.74, 6) is 2.63. The molecule has 0 aliphatic carbocycles. The molecule has 0 radical (unpaired) electrons. The van der Waals surface area contributed by atoms with Gasteiger partial charge in [0.05, 0.1) is 7.11 Å². The van der Waals surface area contributed by atoms with Crippen LogP contribution in [0.2, 0.25) is 0 Å². The summed E-state index contributed by atoms with van der Waals surface area (Å²) in [5, 5.41) is 6.50. The van der Waals surface area contributed by atoms with E-state index in [1.54, 1.807) is 7.11 Å². The summed E-state index contributed by atoms with van der Waals surface area (Å²) in [5.41, 5.74) is 1.19. The second-order valence-electron chi connectivity index (χ2n) is 4.14. The smallest absolute Gasteiger partial charge is 0.128 e. The van der Waals surface area contributed by atoms with E-state index >= 15 is 0 Å². The first-order valence-corrected chi connectivity index (χ1v) is 6.39. The van der Waals surface area contributed by atoms with Gasteiger partial charge in [-0.3, -0.25) is 0 Å². The molecule has 0 saturated heterocycles. The van der Waals surface area contributed by atoms with E-state index in [9.17, 15) is 0 Å². The van der Waals surface area contributed by atoms with E-state index in [4.69, 9.17) is 4.74 Å². The molecule has 4 heteroatoms. The molecule has 0 amide bonds. The molecule has 4 nitrogen and oxygen atoms in total. The van der Waals surface area contributed by atoms with Crippen LogP contribution < -0.4 is 15.4 Å². The van der Waals surface area contributed by atoms with E-state index in [1.807, 2.05) is 42.5 Å². The number of anilines is 2. The van der Waals surface area contributed by atoms with Gasteiger partial charge in [-0.15, -0.1) is 0 Å². The third-order valence-corrected chi connectivity index (χ3v) is 2.74. The molecular weight excluding hydrogens is 238 g/mol. The van der Waals surface area contributed by atoms with Gasteiger partial charge in [0.25, 0.3) is 0 Å². The van der Waals surface area contributed by atoms with Crippen molar-refractivity contribution >= 4 is 11.6 Å². The monoisotopic (exact) mass is 257 g/mol. The van der Waals surface area contributed by atoms with Crippen LogP contribution in [0.1, 0.15) is 12.5 Å². The maximum Gasteiger partial charge on any atom is 0.128 e. The molecule has 1 aromatic carbocycles. The molecule has 0 saturated carbocycles. The first kappa shape index (κ1) is 13.2. The maximum absolute atomic E-state index is 5.13. The van der Waals surface area contributed by atoms with Gasteiger partial charge in [-0.2, -0.15) is 0 Å². The van der Waals surface area contributed by atoms with Gasteiger partial charge < -0.3 is 15.4 Å². The van der Waals surface area contributed by atoms with E-state index in [0.29, 0.717) is 0 Å². The number of nitrogens with zero attached hydrogens (tertiary/aromatic N) is 1. The van der Waals surface area contributed by atoms with Gasteiger partial charge in [0.2, 0.25) is 0 Å². The van der Waals surface area contributed by atoms with Gasteiger partial charge >= 0.3 is 0 Å². The zero-order valence-electron chi connectivity index (χ0n) is 11.3. The predicted molar refractivity (Wildman–Crippen MR) is 78.7 cm³/mol. The average molecular weight is 257 g/mol. The van der Waals surface area contributed by atoms with Gasteiger partial charge in [0.1, 0.15) is 17.4 Å². The third kappa shape index (κ3) is 3.88. The molecule has 0 aliphatic rings. The molecule has 0 fully saturated rings. The Labute approximate surface area is 113 Å². The highest BCUT2D eigenvalue weighted by Gasteiger charge is 1.98. The van der Waals surface area contributed by atoms with Crippen molar-refractivity contribution in [3.63, 3.8) is 0 Å². The fourth-order valence-electron chi connectivity index (χ4n) is 1.75. The van der Waals surface area contributed by atoms with Crippen LogP contribution in [0.5, 0.6) is 5.75 Å². The Hall–Kier alpha value is -2.23. The van der Waals surface area contributed by atoms with E-state index in [-0.39, 0.29) is 0 Å². The number of ether oxygens (including phenoxy) is 1. The molecule has 1 aromatic heterocycles. The van der Waals surface area contributed by atoms with Crippen molar-refractivity contribution in [1.29, 1.82) is 0 Å². The first-order chi connectivity index (χ1) is 9.31. The molecule has 2 rings (SSSR count). The Morgan fingerprint density at radius 1 is 1.00 bits per heavy atom. The van der Waals surface area contributed by atoms with Crippen LogP contribution >= 0.6 is 0 Å². The van der Waals surface area contributed by atoms with Crippen molar-refractivity contribution in [2.75, 3.05) is 24.3 Å². The normalized spacial score (nSPS) is 10.0. The van der Waals surface area contributed by atoms with Crippen molar-refractivity contribution in [2.45, 2.75) is 13.5 Å². The van der Waals surface area contributed by atoms with E-state index in [1.165, 1.54) is 5.56 Å². The van der Waals surface area contributed by atoms with Gasteiger partial charge in [-0.25, -0.2) is 4.98 Å². The Bertz CT molecular complexity index is 511. The van der Waals surface area contributed by atoms with Crippen molar-refractivity contribution in [1.82, 2.24) is 4.98 Å². The highest BCUT2D eigenvalue weighted by Crippen LogP contribution is 2.13. The third-order valence-electron chi connectivity index (χ3n) is 2.74. The number of methoxy groups -OCH3 is 1. The SMILES string of the molecule is CCNc1cccc(NCc2ccc(OC)cc2)n1. The number of nitrogens with one attached hydrogen (secondary N) is 2. The lowest BCUT2D eigenvalue weighted by atomic mass is 10.2. The maximum atomic E-state index is 5.13. The summed E-state index contributed by atoms with van der Waals surface area (Å²) in [4.78, 5) is 4.46. The summed E-state index contributed by atoms with van der Waals surface area (Å²) in [6, 6.07) is 13.9. The van der Waals surface area contributed by atoms with Gasteiger partial charge in [-0.1, -0.05) is 18.2 Å². The number of pyridine rings is 1. The van der Waals surface area contributed by atoms with Crippen LogP contribution in [0.4, 0.5) is 11.6 Å². The fourth-order valence-corrected chi connectivity index (χ4v) is 1.75. The van der Waals surface area contributed by atoms with Crippen molar-refractivity contribution in [3.05, 3.63) is 48.0 Å². The highest BCUT2D eigenvalue weighted by molar-refractivity contribution is 5.45. The summed E-state index contributed by atoms with van der Waals surface area (Å²) in [6.45, 7) is 3.67. The van der Waals surface area contributed by atoms with Crippen molar-refractivity contribution in [3.8, 4) is 5.75 Å². The first-order valence-electron chi connectivity index (χ1n) is 6.39. The minimum absolute atomic E-state index is 0.743. The molecule has 0 bridgehead atoms. The fraction of sp³-hybridized carbons (Fsp3) is 0.267. The molecule has 19 heavy (non-hydrogen) atoms. The van der Waals surface area contributed by atoms with Crippen LogP contribution in [0, 0.1) is 0 Å². The van der Waals surface area contributed by atoms with Crippen LogP contribution in [0.3, 0.4) is 0 Å². The summed E-state index contributed by atoms with van der Waals surface area (Å²) >= 11 is 0. The molecule has 2 N–H and O–H groups in total. The quantitative estimate of drug-likeness (QED) is 0.834. The van der Waals surface area contributed by atoms with Crippen LogP contribution in [0.15, 0.2) is 42.5 Å². The second-order valence-corrected chi connectivity index (χ2v) is 4.14. The Kier molecular flexibility index (Phi) is 4.61. The molecular formula is C15H19N3O. The van der Waals surface area contributed by atoms with Crippen molar-refractivity contribution in [2.24, 2.45) is 0 Å². The Balaban J connectivity index is 1.95. The largest absolute Gasteiger partial charge is 0.497 e. The molecule has 0 aliphatic heterocycles. The predicted octanol–water partition coefficient (Wildman–Crippen LogP) is 3.13.